The van der Waals surface area contributed by atoms with Gasteiger partial charge in [0.2, 0.25) is 0 Å². The van der Waals surface area contributed by atoms with Gasteiger partial charge < -0.3 is 4.74 Å². The number of rotatable bonds is 6. The Bertz CT molecular complexity index is 469. The molecular weight excluding hydrogens is 232 g/mol. The topological polar surface area (TPSA) is 47.3 Å². The Kier molecular flexibility index (Phi) is 4.50. The lowest BCUT2D eigenvalue weighted by Crippen LogP contribution is -2.28. The molecule has 2 aromatic rings. The number of hydrazine groups is 1. The highest BCUT2D eigenvalue weighted by Gasteiger charge is 2.13. The molecule has 0 radical (unpaired) electrons. The van der Waals surface area contributed by atoms with E-state index in [0.29, 0.717) is 0 Å². The Hall–Kier alpha value is -0.940. The molecule has 0 bridgehead atoms. The average Bonchev–Trinajstić information content (AvgIpc) is 2.79. The summed E-state index contributed by atoms with van der Waals surface area (Å²) in [4.78, 5) is 0. The molecule has 1 heterocycles. The van der Waals surface area contributed by atoms with Crippen molar-refractivity contribution >= 4 is 21.4 Å². The van der Waals surface area contributed by atoms with E-state index in [4.69, 9.17) is 10.6 Å². The molecule has 1 aromatic heterocycles. The van der Waals surface area contributed by atoms with Crippen LogP contribution in [0.25, 0.3) is 10.1 Å². The molecule has 0 saturated carbocycles. The van der Waals surface area contributed by atoms with Crippen molar-refractivity contribution in [3.8, 4) is 0 Å². The normalized spacial score (nSPS) is 13.1. The molecule has 0 aliphatic carbocycles. The lowest BCUT2D eigenvalue weighted by molar-refractivity contribution is 0.189. The van der Waals surface area contributed by atoms with Crippen molar-refractivity contribution in [2.75, 3.05) is 13.7 Å². The van der Waals surface area contributed by atoms with E-state index in [1.165, 1.54) is 15.6 Å². The molecule has 0 aliphatic heterocycles. The quantitative estimate of drug-likeness (QED) is 0.471. The van der Waals surface area contributed by atoms with E-state index in [-0.39, 0.29) is 6.04 Å². The number of benzene rings is 1. The summed E-state index contributed by atoms with van der Waals surface area (Å²) in [6.07, 6.45) is 2.00. The van der Waals surface area contributed by atoms with Gasteiger partial charge in [-0.2, -0.15) is 0 Å². The van der Waals surface area contributed by atoms with E-state index >= 15 is 0 Å². The molecule has 0 saturated heterocycles. The fourth-order valence-electron chi connectivity index (χ4n) is 2.03. The average molecular weight is 250 g/mol. The van der Waals surface area contributed by atoms with Gasteiger partial charge in [-0.3, -0.25) is 11.3 Å². The van der Waals surface area contributed by atoms with E-state index in [2.05, 4.69) is 35.1 Å². The second-order valence-electron chi connectivity index (χ2n) is 4.04. The summed E-state index contributed by atoms with van der Waals surface area (Å²) >= 11 is 1.77. The van der Waals surface area contributed by atoms with Crippen LogP contribution in [-0.2, 0) is 4.74 Å². The maximum Gasteiger partial charge on any atom is 0.0475 e. The smallest absolute Gasteiger partial charge is 0.0475 e. The first-order valence-electron chi connectivity index (χ1n) is 5.78. The molecular formula is C13H18N2OS. The van der Waals surface area contributed by atoms with Crippen molar-refractivity contribution in [2.45, 2.75) is 18.9 Å². The lowest BCUT2D eigenvalue weighted by Gasteiger charge is -2.15. The number of nitrogens with two attached hydrogens (primary N) is 1. The third-order valence-electron chi connectivity index (χ3n) is 2.93. The molecule has 2 rings (SSSR count). The minimum absolute atomic E-state index is 0.210. The lowest BCUT2D eigenvalue weighted by atomic mass is 10.0. The number of methoxy groups -OCH3 is 1. The first-order valence-corrected chi connectivity index (χ1v) is 6.66. The molecule has 0 aliphatic rings. The number of fused-ring (bicyclic) bond motifs is 1. The summed E-state index contributed by atoms with van der Waals surface area (Å²) in [5.41, 5.74) is 4.20. The van der Waals surface area contributed by atoms with Crippen LogP contribution >= 0.6 is 11.3 Å². The van der Waals surface area contributed by atoms with Crippen LogP contribution in [-0.4, -0.2) is 13.7 Å². The van der Waals surface area contributed by atoms with Gasteiger partial charge in [-0.15, -0.1) is 11.3 Å². The molecule has 3 nitrogen and oxygen atoms in total. The highest BCUT2D eigenvalue weighted by molar-refractivity contribution is 7.17. The molecule has 0 fully saturated rings. The monoisotopic (exact) mass is 250 g/mol. The van der Waals surface area contributed by atoms with Crippen LogP contribution in [0.15, 0.2) is 29.6 Å². The number of thiophene rings is 1. The Labute approximate surface area is 106 Å². The maximum atomic E-state index is 5.65. The number of ether oxygens (including phenoxy) is 1. The van der Waals surface area contributed by atoms with Gasteiger partial charge >= 0.3 is 0 Å². The summed E-state index contributed by atoms with van der Waals surface area (Å²) < 4.78 is 6.39. The van der Waals surface area contributed by atoms with Crippen LogP contribution in [0, 0.1) is 0 Å². The zero-order valence-electron chi connectivity index (χ0n) is 9.98. The summed E-state index contributed by atoms with van der Waals surface area (Å²) in [5.74, 6) is 5.65. The van der Waals surface area contributed by atoms with E-state index < -0.39 is 0 Å². The van der Waals surface area contributed by atoms with Crippen molar-refractivity contribution in [3.63, 3.8) is 0 Å². The molecule has 1 unspecified atom stereocenters. The fraction of sp³-hybridized carbons (Fsp3) is 0.385. The van der Waals surface area contributed by atoms with Crippen LogP contribution in [0.2, 0.25) is 0 Å². The fourth-order valence-corrected chi connectivity index (χ4v) is 3.04. The third-order valence-corrected chi connectivity index (χ3v) is 3.91. The number of nitrogens with one attached hydrogen (secondary N) is 1. The van der Waals surface area contributed by atoms with Crippen LogP contribution in [0.1, 0.15) is 24.4 Å². The molecule has 0 spiro atoms. The van der Waals surface area contributed by atoms with Crippen LogP contribution in [0.5, 0.6) is 0 Å². The zero-order valence-corrected chi connectivity index (χ0v) is 10.8. The van der Waals surface area contributed by atoms with Gasteiger partial charge in [0.25, 0.3) is 0 Å². The minimum Gasteiger partial charge on any atom is -0.385 e. The summed E-state index contributed by atoms with van der Waals surface area (Å²) in [6.45, 7) is 0.778. The van der Waals surface area contributed by atoms with Gasteiger partial charge in [-0.1, -0.05) is 18.2 Å². The number of hydrogen-bond acceptors (Lipinski definition) is 4. The van der Waals surface area contributed by atoms with E-state index in [9.17, 15) is 0 Å². The van der Waals surface area contributed by atoms with Crippen molar-refractivity contribution in [2.24, 2.45) is 5.84 Å². The second kappa shape index (κ2) is 6.12. The van der Waals surface area contributed by atoms with Crippen LogP contribution in [0.3, 0.4) is 0 Å². The predicted molar refractivity (Wildman–Crippen MR) is 73.0 cm³/mol. The van der Waals surface area contributed by atoms with Gasteiger partial charge in [-0.25, -0.2) is 0 Å². The first-order chi connectivity index (χ1) is 8.36. The SMILES string of the molecule is COCCCC(NN)c1csc2ccccc12. The van der Waals surface area contributed by atoms with Gasteiger partial charge in [0, 0.05) is 24.5 Å². The number of hydrogen-bond donors (Lipinski definition) is 2. The molecule has 3 N–H and O–H groups in total. The molecule has 92 valence electrons. The third kappa shape index (κ3) is 2.84. The summed E-state index contributed by atoms with van der Waals surface area (Å²) in [6, 6.07) is 8.65. The van der Waals surface area contributed by atoms with E-state index in [1.54, 1.807) is 18.4 Å². The van der Waals surface area contributed by atoms with Gasteiger partial charge in [0.15, 0.2) is 0 Å². The standard InChI is InChI=1S/C13H18N2OS/c1-16-8-4-6-12(15-14)11-9-17-13-7-3-2-5-10(11)13/h2-3,5,7,9,12,15H,4,6,8,14H2,1H3. The molecule has 17 heavy (non-hydrogen) atoms. The van der Waals surface area contributed by atoms with Crippen molar-refractivity contribution in [3.05, 3.63) is 35.2 Å². The predicted octanol–water partition coefficient (Wildman–Crippen LogP) is 2.83. The van der Waals surface area contributed by atoms with Gasteiger partial charge in [0.1, 0.15) is 0 Å². The maximum absolute atomic E-state index is 5.65. The van der Waals surface area contributed by atoms with Gasteiger partial charge in [-0.05, 0) is 35.2 Å². The Balaban J connectivity index is 2.18. The molecule has 1 atom stereocenters. The first kappa shape index (κ1) is 12.5. The van der Waals surface area contributed by atoms with E-state index in [0.717, 1.165) is 19.4 Å². The highest BCUT2D eigenvalue weighted by atomic mass is 32.1. The van der Waals surface area contributed by atoms with E-state index in [1.807, 2.05) is 0 Å². The Morgan fingerprint density at radius 2 is 2.24 bits per heavy atom. The molecule has 1 aromatic carbocycles. The summed E-state index contributed by atoms with van der Waals surface area (Å²) in [5, 5.41) is 3.50. The Morgan fingerprint density at radius 3 is 3.00 bits per heavy atom. The summed E-state index contributed by atoms with van der Waals surface area (Å²) in [7, 11) is 1.73. The van der Waals surface area contributed by atoms with Gasteiger partial charge in [0.05, 0.1) is 0 Å². The minimum atomic E-state index is 0.210. The van der Waals surface area contributed by atoms with Crippen LogP contribution in [0.4, 0.5) is 0 Å². The van der Waals surface area contributed by atoms with Crippen molar-refractivity contribution in [1.82, 2.24) is 5.43 Å². The highest BCUT2D eigenvalue weighted by Crippen LogP contribution is 2.31. The van der Waals surface area contributed by atoms with Crippen molar-refractivity contribution < 1.29 is 4.74 Å². The largest absolute Gasteiger partial charge is 0.385 e. The Morgan fingerprint density at radius 1 is 1.41 bits per heavy atom. The molecule has 4 heteroatoms. The molecule has 0 amide bonds. The zero-order chi connectivity index (χ0) is 12.1. The van der Waals surface area contributed by atoms with Crippen LogP contribution < -0.4 is 11.3 Å². The van der Waals surface area contributed by atoms with Crippen molar-refractivity contribution in [1.29, 1.82) is 0 Å². The second-order valence-corrected chi connectivity index (χ2v) is 4.95.